The van der Waals surface area contributed by atoms with Crippen LogP contribution >= 0.6 is 11.6 Å². The molecule has 5 heterocycles. The molecule has 9 heteroatoms. The Balaban J connectivity index is 1.77. The van der Waals surface area contributed by atoms with E-state index >= 15 is 0 Å². The van der Waals surface area contributed by atoms with Crippen molar-refractivity contribution in [2.75, 3.05) is 39.0 Å². The van der Waals surface area contributed by atoms with Crippen LogP contribution in [0.25, 0.3) is 22.3 Å². The highest BCUT2D eigenvalue weighted by Gasteiger charge is 2.34. The average Bonchev–Trinajstić information content (AvgIpc) is 3.01. The van der Waals surface area contributed by atoms with Crippen LogP contribution in [0.15, 0.2) is 18.6 Å². The minimum atomic E-state index is -0.0112. The molecule has 2 aliphatic heterocycles. The number of likely N-dealkylation sites (tertiary alicyclic amines) is 2. The van der Waals surface area contributed by atoms with Gasteiger partial charge >= 0.3 is 0 Å². The van der Waals surface area contributed by atoms with E-state index in [9.17, 15) is 4.79 Å². The number of nitrogens with zero attached hydrogens (tertiary/aromatic N) is 6. The van der Waals surface area contributed by atoms with Crippen molar-refractivity contribution in [1.82, 2.24) is 29.3 Å². The maximum atomic E-state index is 13.4. The predicted octanol–water partition coefficient (Wildman–Crippen LogP) is 2.92. The zero-order chi connectivity index (χ0) is 21.7. The number of carbonyl (C=O) groups is 1. The molecule has 8 nitrogen and oxygen atoms in total. The molecule has 2 N–H and O–H groups in total. The standard InChI is InChI=1S/C22H26ClN7O/c1-28-6-3-5-13(10-28)17-18(22(31)30-7-4-8-30)21(23)27-19-14(11-29(2)20(17)19)15-9-16(24)26-12-25-15/h9,11-13H,3-8,10H2,1-2H3,(H2,24,25,26). The molecule has 0 aromatic carbocycles. The Morgan fingerprint density at radius 1 is 1.19 bits per heavy atom. The number of aryl methyl sites for hydroxylation is 1. The zero-order valence-corrected chi connectivity index (χ0v) is 18.6. The van der Waals surface area contributed by atoms with Gasteiger partial charge in [0.1, 0.15) is 17.3 Å². The molecule has 2 fully saturated rings. The second-order valence-corrected chi connectivity index (χ2v) is 8.98. The summed E-state index contributed by atoms with van der Waals surface area (Å²) in [6.45, 7) is 3.49. The van der Waals surface area contributed by atoms with Gasteiger partial charge in [0.2, 0.25) is 0 Å². The third-order valence-electron chi connectivity index (χ3n) is 6.45. The monoisotopic (exact) mass is 439 g/mol. The summed E-state index contributed by atoms with van der Waals surface area (Å²) < 4.78 is 2.04. The highest BCUT2D eigenvalue weighted by Crippen LogP contribution is 2.41. The summed E-state index contributed by atoms with van der Waals surface area (Å²) in [5.41, 5.74) is 10.7. The number of amides is 1. The Kier molecular flexibility index (Phi) is 5.06. The number of likely N-dealkylation sites (N-methyl/N-ethyl adjacent to an activating group) is 1. The smallest absolute Gasteiger partial charge is 0.257 e. The molecule has 0 bridgehead atoms. The number of fused-ring (bicyclic) bond motifs is 1. The molecular formula is C22H26ClN7O. The van der Waals surface area contributed by atoms with Gasteiger partial charge in [-0.25, -0.2) is 15.0 Å². The molecule has 3 aromatic heterocycles. The number of hydrogen-bond acceptors (Lipinski definition) is 6. The number of anilines is 1. The van der Waals surface area contributed by atoms with Crippen molar-refractivity contribution in [3.63, 3.8) is 0 Å². The first kappa shape index (κ1) is 20.2. The average molecular weight is 440 g/mol. The molecule has 2 saturated heterocycles. The Labute approximate surface area is 186 Å². The number of rotatable bonds is 3. The lowest BCUT2D eigenvalue weighted by Crippen LogP contribution is -2.43. The largest absolute Gasteiger partial charge is 0.384 e. The third-order valence-corrected chi connectivity index (χ3v) is 6.72. The second kappa shape index (κ2) is 7.76. The first-order valence-electron chi connectivity index (χ1n) is 10.7. The molecule has 1 atom stereocenters. The lowest BCUT2D eigenvalue weighted by molar-refractivity contribution is 0.0649. The molecule has 1 amide bonds. The third kappa shape index (κ3) is 3.43. The second-order valence-electron chi connectivity index (χ2n) is 8.62. The summed E-state index contributed by atoms with van der Waals surface area (Å²) >= 11 is 6.75. The molecule has 0 saturated carbocycles. The molecule has 0 spiro atoms. The SMILES string of the molecule is CN1CCCC(c2c(C(=O)N3CCC3)c(Cl)nc3c(-c4cc(N)ncn4)cn(C)c23)C1. The van der Waals surface area contributed by atoms with Gasteiger partial charge in [-0.2, -0.15) is 0 Å². The van der Waals surface area contributed by atoms with E-state index in [1.165, 1.54) is 6.33 Å². The fraction of sp³-hybridized carbons (Fsp3) is 0.455. The number of nitrogens with two attached hydrogens (primary N) is 1. The number of piperidine rings is 1. The predicted molar refractivity (Wildman–Crippen MR) is 121 cm³/mol. The zero-order valence-electron chi connectivity index (χ0n) is 17.8. The maximum Gasteiger partial charge on any atom is 0.257 e. The van der Waals surface area contributed by atoms with Gasteiger partial charge in [-0.15, -0.1) is 0 Å². The molecule has 2 aliphatic rings. The van der Waals surface area contributed by atoms with Gasteiger partial charge < -0.3 is 20.1 Å². The number of nitrogen functional groups attached to an aromatic ring is 1. The van der Waals surface area contributed by atoms with Crippen molar-refractivity contribution in [1.29, 1.82) is 0 Å². The van der Waals surface area contributed by atoms with Gasteiger partial charge in [-0.1, -0.05) is 11.6 Å². The topological polar surface area (TPSA) is 93.2 Å². The van der Waals surface area contributed by atoms with Gasteiger partial charge in [-0.3, -0.25) is 4.79 Å². The van der Waals surface area contributed by atoms with Crippen LogP contribution in [0.5, 0.6) is 0 Å². The van der Waals surface area contributed by atoms with Crippen molar-refractivity contribution in [2.45, 2.75) is 25.2 Å². The summed E-state index contributed by atoms with van der Waals surface area (Å²) in [4.78, 5) is 30.7. The summed E-state index contributed by atoms with van der Waals surface area (Å²) in [7, 11) is 4.11. The molecule has 3 aromatic rings. The summed E-state index contributed by atoms with van der Waals surface area (Å²) in [5, 5.41) is 0.266. The van der Waals surface area contributed by atoms with Crippen LogP contribution in [0.1, 0.15) is 41.1 Å². The highest BCUT2D eigenvalue weighted by molar-refractivity contribution is 6.33. The van der Waals surface area contributed by atoms with E-state index in [1.807, 2.05) is 22.7 Å². The Morgan fingerprint density at radius 3 is 2.68 bits per heavy atom. The van der Waals surface area contributed by atoms with E-state index < -0.39 is 0 Å². The quantitative estimate of drug-likeness (QED) is 0.630. The molecule has 5 rings (SSSR count). The van der Waals surface area contributed by atoms with Crippen LogP contribution in [-0.4, -0.2) is 68.5 Å². The lowest BCUT2D eigenvalue weighted by atomic mass is 9.86. The molecular weight excluding hydrogens is 414 g/mol. The van der Waals surface area contributed by atoms with Crippen molar-refractivity contribution < 1.29 is 4.79 Å². The fourth-order valence-corrected chi connectivity index (χ4v) is 5.08. The first-order valence-corrected chi connectivity index (χ1v) is 11.1. The van der Waals surface area contributed by atoms with Gasteiger partial charge in [0.15, 0.2) is 0 Å². The van der Waals surface area contributed by atoms with Gasteiger partial charge in [-0.05, 0) is 44.3 Å². The fourth-order valence-electron chi connectivity index (χ4n) is 4.82. The summed E-state index contributed by atoms with van der Waals surface area (Å²) in [6.07, 6.45) is 6.57. The summed E-state index contributed by atoms with van der Waals surface area (Å²) in [6, 6.07) is 1.73. The van der Waals surface area contributed by atoms with E-state index in [0.717, 1.165) is 67.6 Å². The molecule has 162 valence electrons. The molecule has 0 aliphatic carbocycles. The Bertz CT molecular complexity index is 1170. The van der Waals surface area contributed by atoms with Crippen LogP contribution < -0.4 is 5.73 Å². The molecule has 1 unspecified atom stereocenters. The number of halogens is 1. The minimum absolute atomic E-state index is 0.0112. The number of aromatic nitrogens is 4. The van der Waals surface area contributed by atoms with Crippen LogP contribution in [-0.2, 0) is 7.05 Å². The van der Waals surface area contributed by atoms with Gasteiger partial charge in [0.05, 0.1) is 22.3 Å². The maximum absolute atomic E-state index is 13.4. The van der Waals surface area contributed by atoms with Crippen LogP contribution in [0.3, 0.4) is 0 Å². The Hall–Kier alpha value is -2.71. The van der Waals surface area contributed by atoms with Gasteiger partial charge in [0.25, 0.3) is 5.91 Å². The Morgan fingerprint density at radius 2 is 2.00 bits per heavy atom. The minimum Gasteiger partial charge on any atom is -0.384 e. The van der Waals surface area contributed by atoms with Crippen molar-refractivity contribution in [2.24, 2.45) is 7.05 Å². The van der Waals surface area contributed by atoms with E-state index in [4.69, 9.17) is 22.3 Å². The van der Waals surface area contributed by atoms with E-state index in [2.05, 4.69) is 21.9 Å². The molecule has 0 radical (unpaired) electrons. The van der Waals surface area contributed by atoms with Crippen LogP contribution in [0.2, 0.25) is 5.15 Å². The van der Waals surface area contributed by atoms with E-state index in [0.29, 0.717) is 17.1 Å². The van der Waals surface area contributed by atoms with Crippen LogP contribution in [0, 0.1) is 0 Å². The van der Waals surface area contributed by atoms with Crippen molar-refractivity contribution in [3.8, 4) is 11.3 Å². The van der Waals surface area contributed by atoms with Crippen molar-refractivity contribution >= 4 is 34.4 Å². The van der Waals surface area contributed by atoms with E-state index in [1.54, 1.807) is 6.07 Å². The number of hydrogen-bond donors (Lipinski definition) is 1. The summed E-state index contributed by atoms with van der Waals surface area (Å²) in [5.74, 6) is 0.591. The lowest BCUT2D eigenvalue weighted by Gasteiger charge is -2.35. The van der Waals surface area contributed by atoms with E-state index in [-0.39, 0.29) is 17.0 Å². The van der Waals surface area contributed by atoms with Gasteiger partial charge in [0, 0.05) is 44.5 Å². The van der Waals surface area contributed by atoms with Crippen LogP contribution in [0.4, 0.5) is 5.82 Å². The number of carbonyl (C=O) groups excluding carboxylic acids is 1. The highest BCUT2D eigenvalue weighted by atomic mass is 35.5. The number of pyridine rings is 1. The molecule has 31 heavy (non-hydrogen) atoms. The first-order chi connectivity index (χ1) is 14.9. The van der Waals surface area contributed by atoms with Crippen molar-refractivity contribution in [3.05, 3.63) is 34.9 Å². The normalized spacial score (nSPS) is 19.6.